The molecule has 37 heavy (non-hydrogen) atoms. The fourth-order valence-corrected chi connectivity index (χ4v) is 4.47. The molecule has 3 heterocycles. The van der Waals surface area contributed by atoms with E-state index in [4.69, 9.17) is 16.7 Å². The van der Waals surface area contributed by atoms with Crippen molar-refractivity contribution in [1.82, 2.24) is 24.6 Å². The van der Waals surface area contributed by atoms with Gasteiger partial charge >= 0.3 is 0 Å². The molecule has 2 aromatic rings. The second kappa shape index (κ2) is 16.7. The quantitative estimate of drug-likeness (QED) is 0.235. The minimum atomic E-state index is 0.409. The van der Waals surface area contributed by atoms with Crippen LogP contribution in [-0.4, -0.2) is 44.3 Å². The average Bonchev–Trinajstić information content (AvgIpc) is 3.25. The molecule has 0 bridgehead atoms. The SMILES string of the molecule is C=C.C=C/C=C(\C=C/C)CCN1CCCC(c2cc(/C(C)=C/C=C(/Cl)CC)nn2-c2ncccn2)CC1. The minimum absolute atomic E-state index is 0.409. The number of nitrogens with zero attached hydrogens (tertiary/aromatic N) is 5. The molecule has 5 nitrogen and oxygen atoms in total. The highest BCUT2D eigenvalue weighted by Gasteiger charge is 2.24. The topological polar surface area (TPSA) is 46.8 Å². The Bertz CT molecular complexity index is 1090. The number of halogens is 1. The summed E-state index contributed by atoms with van der Waals surface area (Å²) in [5.41, 5.74) is 4.53. The third-order valence-corrected chi connectivity index (χ3v) is 6.80. The Morgan fingerprint density at radius 2 is 1.89 bits per heavy atom. The molecule has 6 heteroatoms. The lowest BCUT2D eigenvalue weighted by atomic mass is 9.96. The molecule has 1 saturated heterocycles. The van der Waals surface area contributed by atoms with Crippen LogP contribution in [0.4, 0.5) is 0 Å². The first-order chi connectivity index (χ1) is 18.0. The number of likely N-dealkylation sites (tertiary alicyclic amines) is 1. The van der Waals surface area contributed by atoms with Crippen molar-refractivity contribution in [2.75, 3.05) is 19.6 Å². The minimum Gasteiger partial charge on any atom is -0.303 e. The van der Waals surface area contributed by atoms with E-state index in [0.717, 1.165) is 68.0 Å². The summed E-state index contributed by atoms with van der Waals surface area (Å²) in [7, 11) is 0. The summed E-state index contributed by atoms with van der Waals surface area (Å²) in [4.78, 5) is 11.6. The van der Waals surface area contributed by atoms with Gasteiger partial charge in [-0.2, -0.15) is 5.10 Å². The van der Waals surface area contributed by atoms with Gasteiger partial charge in [-0.25, -0.2) is 14.6 Å². The van der Waals surface area contributed by atoms with Gasteiger partial charge in [0.15, 0.2) is 0 Å². The zero-order valence-electron chi connectivity index (χ0n) is 22.7. The molecule has 0 saturated carbocycles. The zero-order chi connectivity index (χ0) is 27.0. The Morgan fingerprint density at radius 3 is 2.57 bits per heavy atom. The van der Waals surface area contributed by atoms with Crippen molar-refractivity contribution in [1.29, 1.82) is 0 Å². The zero-order valence-corrected chi connectivity index (χ0v) is 23.5. The Labute approximate surface area is 228 Å². The molecule has 1 aliphatic rings. The first-order valence-electron chi connectivity index (χ1n) is 13.1. The number of hydrogen-bond donors (Lipinski definition) is 0. The summed E-state index contributed by atoms with van der Waals surface area (Å²) in [5.74, 6) is 1.03. The lowest BCUT2D eigenvalue weighted by molar-refractivity contribution is 0.287. The molecule has 1 atom stereocenters. The first-order valence-corrected chi connectivity index (χ1v) is 13.5. The molecule has 0 N–H and O–H groups in total. The first kappa shape index (κ1) is 30.2. The van der Waals surface area contributed by atoms with Crippen LogP contribution in [0.2, 0.25) is 0 Å². The number of allylic oxidation sites excluding steroid dienone is 8. The lowest BCUT2D eigenvalue weighted by Crippen LogP contribution is -2.26. The largest absolute Gasteiger partial charge is 0.303 e. The molecule has 2 aromatic heterocycles. The van der Waals surface area contributed by atoms with E-state index < -0.39 is 0 Å². The number of aromatic nitrogens is 4. The fourth-order valence-electron chi connectivity index (χ4n) is 4.41. The van der Waals surface area contributed by atoms with Crippen molar-refractivity contribution in [2.45, 2.75) is 58.8 Å². The summed E-state index contributed by atoms with van der Waals surface area (Å²) < 4.78 is 1.94. The van der Waals surface area contributed by atoms with E-state index >= 15 is 0 Å². The summed E-state index contributed by atoms with van der Waals surface area (Å²) in [6.07, 6.45) is 21.1. The van der Waals surface area contributed by atoms with Crippen LogP contribution in [0.3, 0.4) is 0 Å². The van der Waals surface area contributed by atoms with Crippen LogP contribution in [0, 0.1) is 0 Å². The van der Waals surface area contributed by atoms with Gasteiger partial charge in [0.05, 0.1) is 11.4 Å². The van der Waals surface area contributed by atoms with Gasteiger partial charge in [-0.05, 0) is 88.4 Å². The van der Waals surface area contributed by atoms with E-state index in [9.17, 15) is 0 Å². The molecule has 1 aliphatic heterocycles. The van der Waals surface area contributed by atoms with Gasteiger partial charge in [0.25, 0.3) is 5.95 Å². The van der Waals surface area contributed by atoms with Crippen molar-refractivity contribution >= 4 is 17.2 Å². The predicted molar refractivity (Wildman–Crippen MR) is 159 cm³/mol. The van der Waals surface area contributed by atoms with E-state index in [1.165, 1.54) is 11.3 Å². The smallest absolute Gasteiger partial charge is 0.250 e. The average molecular weight is 520 g/mol. The van der Waals surface area contributed by atoms with E-state index in [1.54, 1.807) is 12.4 Å². The van der Waals surface area contributed by atoms with Gasteiger partial charge in [0.1, 0.15) is 0 Å². The molecule has 198 valence electrons. The van der Waals surface area contributed by atoms with Gasteiger partial charge in [-0.3, -0.25) is 0 Å². The predicted octanol–water partition coefficient (Wildman–Crippen LogP) is 8.05. The van der Waals surface area contributed by atoms with Crippen LogP contribution in [0.1, 0.15) is 70.2 Å². The number of rotatable bonds is 10. The monoisotopic (exact) mass is 519 g/mol. The molecule has 0 radical (unpaired) electrons. The normalized spacial score (nSPS) is 17.8. The van der Waals surface area contributed by atoms with Gasteiger partial charge in [0.2, 0.25) is 0 Å². The van der Waals surface area contributed by atoms with Crippen LogP contribution < -0.4 is 0 Å². The molecular weight excluding hydrogens is 478 g/mol. The highest BCUT2D eigenvalue weighted by molar-refractivity contribution is 6.29. The van der Waals surface area contributed by atoms with E-state index in [2.05, 4.69) is 72.7 Å². The van der Waals surface area contributed by atoms with Gasteiger partial charge in [-0.15, -0.1) is 13.2 Å². The maximum Gasteiger partial charge on any atom is 0.250 e. The summed E-state index contributed by atoms with van der Waals surface area (Å²) in [6.45, 7) is 19.3. The summed E-state index contributed by atoms with van der Waals surface area (Å²) in [6, 6.07) is 4.05. The second-order valence-electron chi connectivity index (χ2n) is 8.93. The highest BCUT2D eigenvalue weighted by atomic mass is 35.5. The van der Waals surface area contributed by atoms with Crippen LogP contribution >= 0.6 is 11.6 Å². The van der Waals surface area contributed by atoms with Crippen LogP contribution in [0.15, 0.2) is 91.3 Å². The Kier molecular flexibility index (Phi) is 13.6. The fraction of sp³-hybridized carbons (Fsp3) is 0.387. The standard InChI is InChI=1S/C29H38ClN5.C2H4/c1-5-10-24(11-6-2)15-20-34-19-8-12-25(16-21-34)28-22-27(23(4)13-14-26(30)7-3)33-35(28)29-31-17-9-18-32-29;1-2/h5-6,9-11,13-14,17-18,22,25H,1,7-8,12,15-16,19-21H2,2-4H3;1-2H2/b11-6-,23-13+,24-10+,26-14+;. The maximum atomic E-state index is 6.22. The van der Waals surface area contributed by atoms with Gasteiger partial charge in [0, 0.05) is 29.9 Å². The third kappa shape index (κ3) is 9.42. The molecule has 0 aromatic carbocycles. The molecule has 1 fully saturated rings. The molecule has 0 amide bonds. The van der Waals surface area contributed by atoms with Crippen LogP contribution in [0.5, 0.6) is 0 Å². The third-order valence-electron chi connectivity index (χ3n) is 6.40. The van der Waals surface area contributed by atoms with E-state index in [-0.39, 0.29) is 0 Å². The highest BCUT2D eigenvalue weighted by Crippen LogP contribution is 2.31. The molecule has 1 unspecified atom stereocenters. The Hall–Kier alpha value is -3.02. The van der Waals surface area contributed by atoms with Crippen molar-refractivity contribution in [2.24, 2.45) is 0 Å². The van der Waals surface area contributed by atoms with Crippen LogP contribution in [0.25, 0.3) is 11.5 Å². The van der Waals surface area contributed by atoms with E-state index in [0.29, 0.717) is 11.9 Å². The molecule has 3 rings (SSSR count). The maximum absolute atomic E-state index is 6.22. The van der Waals surface area contributed by atoms with Crippen molar-refractivity contribution in [3.8, 4) is 5.95 Å². The summed E-state index contributed by atoms with van der Waals surface area (Å²) >= 11 is 6.22. The second-order valence-corrected chi connectivity index (χ2v) is 9.41. The Balaban J connectivity index is 0.00000235. The van der Waals surface area contributed by atoms with Crippen molar-refractivity contribution in [3.63, 3.8) is 0 Å². The lowest BCUT2D eigenvalue weighted by Gasteiger charge is -2.20. The van der Waals surface area contributed by atoms with Crippen LogP contribution in [-0.2, 0) is 0 Å². The number of hydrogen-bond acceptors (Lipinski definition) is 4. The summed E-state index contributed by atoms with van der Waals surface area (Å²) in [5, 5.41) is 5.76. The van der Waals surface area contributed by atoms with Gasteiger partial charge < -0.3 is 4.90 Å². The molecular formula is C31H42ClN5. The van der Waals surface area contributed by atoms with Crippen molar-refractivity contribution < 1.29 is 0 Å². The Morgan fingerprint density at radius 1 is 1.14 bits per heavy atom. The van der Waals surface area contributed by atoms with Gasteiger partial charge in [-0.1, -0.05) is 55.5 Å². The van der Waals surface area contributed by atoms with E-state index in [1.807, 2.05) is 35.9 Å². The molecule has 0 spiro atoms. The molecule has 0 aliphatic carbocycles. The van der Waals surface area contributed by atoms with Crippen molar-refractivity contribution in [3.05, 3.63) is 103 Å².